The van der Waals surface area contributed by atoms with Gasteiger partial charge >= 0.3 is 0 Å². The van der Waals surface area contributed by atoms with Crippen molar-refractivity contribution in [2.24, 2.45) is 0 Å². The van der Waals surface area contributed by atoms with Gasteiger partial charge in [0.15, 0.2) is 5.78 Å². The van der Waals surface area contributed by atoms with Crippen LogP contribution in [0.25, 0.3) is 0 Å². The number of anilines is 1. The molecule has 76 valence electrons. The van der Waals surface area contributed by atoms with Crippen molar-refractivity contribution in [3.63, 3.8) is 0 Å². The lowest BCUT2D eigenvalue weighted by Gasteiger charge is -2.20. The van der Waals surface area contributed by atoms with Gasteiger partial charge < -0.3 is 4.90 Å². The number of benzene rings is 1. The molecule has 1 aromatic carbocycles. The Hall–Kier alpha value is -1.31. The SMILES string of the molecule is CCN(CC)c1ccc(C(C)=O)cc1. The fourth-order valence-electron chi connectivity index (χ4n) is 1.50. The lowest BCUT2D eigenvalue weighted by atomic mass is 10.1. The van der Waals surface area contributed by atoms with Crippen molar-refractivity contribution in [1.29, 1.82) is 0 Å². The highest BCUT2D eigenvalue weighted by Crippen LogP contribution is 2.14. The third-order valence-electron chi connectivity index (χ3n) is 2.40. The summed E-state index contributed by atoms with van der Waals surface area (Å²) in [5.41, 5.74) is 1.96. The van der Waals surface area contributed by atoms with Crippen molar-refractivity contribution in [2.45, 2.75) is 20.8 Å². The van der Waals surface area contributed by atoms with E-state index in [-0.39, 0.29) is 5.78 Å². The van der Waals surface area contributed by atoms with Gasteiger partial charge in [0.05, 0.1) is 0 Å². The van der Waals surface area contributed by atoms with Gasteiger partial charge in [0.2, 0.25) is 0 Å². The topological polar surface area (TPSA) is 20.3 Å². The molecule has 0 aliphatic rings. The number of carbonyl (C=O) groups excluding carboxylic acids is 1. The molecule has 0 saturated carbocycles. The Morgan fingerprint density at radius 3 is 2.00 bits per heavy atom. The van der Waals surface area contributed by atoms with Crippen LogP contribution in [0, 0.1) is 0 Å². The predicted octanol–water partition coefficient (Wildman–Crippen LogP) is 2.74. The number of ketones is 1. The normalized spacial score (nSPS) is 9.93. The van der Waals surface area contributed by atoms with E-state index in [0.717, 1.165) is 18.7 Å². The van der Waals surface area contributed by atoms with Gasteiger partial charge in [0.1, 0.15) is 0 Å². The van der Waals surface area contributed by atoms with Gasteiger partial charge in [-0.25, -0.2) is 0 Å². The first-order valence-electron chi connectivity index (χ1n) is 5.05. The Morgan fingerprint density at radius 1 is 1.14 bits per heavy atom. The number of hydrogen-bond donors (Lipinski definition) is 0. The Labute approximate surface area is 85.5 Å². The Morgan fingerprint density at radius 2 is 1.64 bits per heavy atom. The third-order valence-corrected chi connectivity index (χ3v) is 2.40. The van der Waals surface area contributed by atoms with E-state index < -0.39 is 0 Å². The lowest BCUT2D eigenvalue weighted by Crippen LogP contribution is -2.21. The summed E-state index contributed by atoms with van der Waals surface area (Å²) in [5.74, 6) is 0.121. The first kappa shape index (κ1) is 10.8. The van der Waals surface area contributed by atoms with Gasteiger partial charge in [-0.1, -0.05) is 0 Å². The molecule has 0 aromatic heterocycles. The maximum absolute atomic E-state index is 11.1. The van der Waals surface area contributed by atoms with Crippen LogP contribution in [0.3, 0.4) is 0 Å². The van der Waals surface area contributed by atoms with Crippen LogP contribution < -0.4 is 4.90 Å². The molecule has 0 aliphatic carbocycles. The van der Waals surface area contributed by atoms with Crippen molar-refractivity contribution in [3.05, 3.63) is 29.8 Å². The number of rotatable bonds is 4. The molecule has 0 bridgehead atoms. The summed E-state index contributed by atoms with van der Waals surface area (Å²) in [6.07, 6.45) is 0. The fourth-order valence-corrected chi connectivity index (χ4v) is 1.50. The highest BCUT2D eigenvalue weighted by Gasteiger charge is 2.02. The van der Waals surface area contributed by atoms with Gasteiger partial charge in [-0.3, -0.25) is 4.79 Å². The van der Waals surface area contributed by atoms with Crippen molar-refractivity contribution in [2.75, 3.05) is 18.0 Å². The zero-order chi connectivity index (χ0) is 10.6. The average molecular weight is 191 g/mol. The number of Topliss-reactive ketones (excluding diaryl/α,β-unsaturated/α-hetero) is 1. The van der Waals surface area contributed by atoms with Crippen LogP contribution in [0.1, 0.15) is 31.1 Å². The molecule has 0 atom stereocenters. The third kappa shape index (κ3) is 2.34. The molecule has 1 rings (SSSR count). The summed E-state index contributed by atoms with van der Waals surface area (Å²) in [4.78, 5) is 13.3. The van der Waals surface area contributed by atoms with E-state index in [1.165, 1.54) is 5.69 Å². The molecule has 0 N–H and O–H groups in total. The zero-order valence-electron chi connectivity index (χ0n) is 9.08. The second kappa shape index (κ2) is 4.80. The van der Waals surface area contributed by atoms with Crippen LogP contribution in [0.15, 0.2) is 24.3 Å². The minimum absolute atomic E-state index is 0.121. The molecule has 0 fully saturated rings. The molecule has 0 spiro atoms. The first-order valence-corrected chi connectivity index (χ1v) is 5.05. The van der Waals surface area contributed by atoms with E-state index in [4.69, 9.17) is 0 Å². The van der Waals surface area contributed by atoms with Gasteiger partial charge in [0, 0.05) is 24.3 Å². The molecular formula is C12H17NO. The quantitative estimate of drug-likeness (QED) is 0.682. The second-order valence-electron chi connectivity index (χ2n) is 3.28. The molecule has 14 heavy (non-hydrogen) atoms. The summed E-state index contributed by atoms with van der Waals surface area (Å²) in [7, 11) is 0. The average Bonchev–Trinajstić information content (AvgIpc) is 2.20. The van der Waals surface area contributed by atoms with E-state index in [1.54, 1.807) is 6.92 Å². The standard InChI is InChI=1S/C12H17NO/c1-4-13(5-2)12-8-6-11(7-9-12)10(3)14/h6-9H,4-5H2,1-3H3. The largest absolute Gasteiger partial charge is 0.372 e. The second-order valence-corrected chi connectivity index (χ2v) is 3.28. The van der Waals surface area contributed by atoms with Crippen LogP contribution >= 0.6 is 0 Å². The maximum Gasteiger partial charge on any atom is 0.159 e. The van der Waals surface area contributed by atoms with Crippen LogP contribution in [-0.4, -0.2) is 18.9 Å². The van der Waals surface area contributed by atoms with Gasteiger partial charge in [0.25, 0.3) is 0 Å². The van der Waals surface area contributed by atoms with Crippen molar-refractivity contribution in [3.8, 4) is 0 Å². The molecule has 0 saturated heterocycles. The molecular weight excluding hydrogens is 174 g/mol. The van der Waals surface area contributed by atoms with Gasteiger partial charge in [-0.15, -0.1) is 0 Å². The van der Waals surface area contributed by atoms with Crippen LogP contribution in [0.2, 0.25) is 0 Å². The zero-order valence-corrected chi connectivity index (χ0v) is 9.08. The highest BCUT2D eigenvalue weighted by molar-refractivity contribution is 5.94. The first-order chi connectivity index (χ1) is 6.69. The van der Waals surface area contributed by atoms with Crippen molar-refractivity contribution < 1.29 is 4.79 Å². The van der Waals surface area contributed by atoms with Crippen molar-refractivity contribution >= 4 is 11.5 Å². The Kier molecular flexibility index (Phi) is 3.69. The van der Waals surface area contributed by atoms with Crippen LogP contribution in [0.4, 0.5) is 5.69 Å². The summed E-state index contributed by atoms with van der Waals surface area (Å²) >= 11 is 0. The van der Waals surface area contributed by atoms with Crippen LogP contribution in [-0.2, 0) is 0 Å². The molecule has 2 heteroatoms. The molecule has 0 heterocycles. The van der Waals surface area contributed by atoms with Gasteiger partial charge in [-0.05, 0) is 45.0 Å². The maximum atomic E-state index is 11.1. The minimum atomic E-state index is 0.121. The molecule has 1 aromatic rings. The molecule has 0 radical (unpaired) electrons. The smallest absolute Gasteiger partial charge is 0.159 e. The van der Waals surface area contributed by atoms with Crippen LogP contribution in [0.5, 0.6) is 0 Å². The number of nitrogens with zero attached hydrogens (tertiary/aromatic N) is 1. The van der Waals surface area contributed by atoms with Gasteiger partial charge in [-0.2, -0.15) is 0 Å². The lowest BCUT2D eigenvalue weighted by molar-refractivity contribution is 0.101. The Bertz CT molecular complexity index is 299. The minimum Gasteiger partial charge on any atom is -0.372 e. The van der Waals surface area contributed by atoms with E-state index >= 15 is 0 Å². The fraction of sp³-hybridized carbons (Fsp3) is 0.417. The van der Waals surface area contributed by atoms with E-state index in [2.05, 4.69) is 18.7 Å². The Balaban J connectivity index is 2.87. The molecule has 0 unspecified atom stereocenters. The number of carbonyl (C=O) groups is 1. The summed E-state index contributed by atoms with van der Waals surface area (Å²) in [6.45, 7) is 7.84. The summed E-state index contributed by atoms with van der Waals surface area (Å²) < 4.78 is 0. The molecule has 0 aliphatic heterocycles. The molecule has 2 nitrogen and oxygen atoms in total. The number of hydrogen-bond acceptors (Lipinski definition) is 2. The van der Waals surface area contributed by atoms with Crippen molar-refractivity contribution in [1.82, 2.24) is 0 Å². The predicted molar refractivity (Wildman–Crippen MR) is 60.0 cm³/mol. The monoisotopic (exact) mass is 191 g/mol. The van der Waals surface area contributed by atoms with E-state index in [0.29, 0.717) is 0 Å². The van der Waals surface area contributed by atoms with E-state index in [9.17, 15) is 4.79 Å². The summed E-state index contributed by atoms with van der Waals surface area (Å²) in [5, 5.41) is 0. The summed E-state index contributed by atoms with van der Waals surface area (Å²) in [6, 6.07) is 7.78. The van der Waals surface area contributed by atoms with E-state index in [1.807, 2.05) is 24.3 Å². The molecule has 0 amide bonds. The highest BCUT2D eigenvalue weighted by atomic mass is 16.1.